The first kappa shape index (κ1) is 13.5. The van der Waals surface area contributed by atoms with Gasteiger partial charge in [0.1, 0.15) is 5.82 Å². The third-order valence-corrected chi connectivity index (χ3v) is 5.39. The second kappa shape index (κ2) is 5.40. The summed E-state index contributed by atoms with van der Waals surface area (Å²) >= 11 is 0. The highest BCUT2D eigenvalue weighted by Gasteiger charge is 2.30. The first-order valence-corrected chi connectivity index (χ1v) is 8.06. The van der Waals surface area contributed by atoms with E-state index in [-0.39, 0.29) is 5.03 Å². The van der Waals surface area contributed by atoms with Crippen LogP contribution in [0.5, 0.6) is 0 Å². The summed E-state index contributed by atoms with van der Waals surface area (Å²) < 4.78 is 26.5. The van der Waals surface area contributed by atoms with Crippen molar-refractivity contribution in [2.45, 2.75) is 44.6 Å². The molecule has 1 aliphatic heterocycles. The van der Waals surface area contributed by atoms with E-state index >= 15 is 0 Å². The molecular weight excluding hydrogens is 250 g/mol. The van der Waals surface area contributed by atoms with Crippen molar-refractivity contribution < 1.29 is 8.42 Å². The lowest BCUT2D eigenvalue weighted by Crippen LogP contribution is -2.39. The molecule has 1 aromatic rings. The maximum Gasteiger partial charge on any atom is 0.260 e. The molecule has 6 heteroatoms. The Morgan fingerprint density at radius 3 is 2.89 bits per heavy atom. The number of hydrogen-bond donors (Lipinski definition) is 1. The topological polar surface area (TPSA) is 66.1 Å². The molecule has 0 saturated carbocycles. The normalized spacial score (nSPS) is 22.2. The molecule has 0 aromatic carbocycles. The van der Waals surface area contributed by atoms with Gasteiger partial charge in [-0.05, 0) is 18.8 Å². The Balaban J connectivity index is 2.19. The summed E-state index contributed by atoms with van der Waals surface area (Å²) in [7, 11) is -3.38. The molecule has 1 aliphatic rings. The van der Waals surface area contributed by atoms with Crippen molar-refractivity contribution in [2.75, 3.05) is 13.1 Å². The summed E-state index contributed by atoms with van der Waals surface area (Å²) in [5, 5.41) is 0.233. The van der Waals surface area contributed by atoms with Gasteiger partial charge in [-0.1, -0.05) is 20.3 Å². The lowest BCUT2D eigenvalue weighted by atomic mass is 9.97. The van der Waals surface area contributed by atoms with Crippen molar-refractivity contribution in [3.05, 3.63) is 12.0 Å². The molecule has 1 saturated heterocycles. The van der Waals surface area contributed by atoms with Crippen LogP contribution in [0, 0.1) is 5.92 Å². The minimum atomic E-state index is -3.38. The number of rotatable bonds is 4. The van der Waals surface area contributed by atoms with Crippen LogP contribution in [-0.2, 0) is 16.4 Å². The van der Waals surface area contributed by atoms with E-state index in [1.165, 1.54) is 6.20 Å². The number of aryl methyl sites for hydroxylation is 1. The highest BCUT2D eigenvalue weighted by Crippen LogP contribution is 2.24. The van der Waals surface area contributed by atoms with Crippen molar-refractivity contribution in [3.63, 3.8) is 0 Å². The number of nitrogens with one attached hydrogen (secondary N) is 1. The van der Waals surface area contributed by atoms with Crippen LogP contribution in [0.1, 0.15) is 38.9 Å². The van der Waals surface area contributed by atoms with Crippen LogP contribution in [0.4, 0.5) is 0 Å². The predicted octanol–water partition coefficient (Wildman–Crippen LogP) is 1.78. The van der Waals surface area contributed by atoms with E-state index in [2.05, 4.69) is 16.9 Å². The molecule has 0 radical (unpaired) electrons. The number of H-pyrrole nitrogens is 1. The van der Waals surface area contributed by atoms with Crippen LogP contribution in [0.15, 0.2) is 11.2 Å². The van der Waals surface area contributed by atoms with Crippen LogP contribution in [0.25, 0.3) is 0 Å². The highest BCUT2D eigenvalue weighted by molar-refractivity contribution is 7.89. The minimum Gasteiger partial charge on any atom is -0.332 e. The Kier molecular flexibility index (Phi) is 4.07. The number of aromatic nitrogens is 2. The third-order valence-electron chi connectivity index (χ3n) is 3.62. The van der Waals surface area contributed by atoms with E-state index in [0.29, 0.717) is 25.4 Å². The molecule has 0 bridgehead atoms. The van der Waals surface area contributed by atoms with E-state index < -0.39 is 10.0 Å². The van der Waals surface area contributed by atoms with Crippen LogP contribution >= 0.6 is 0 Å². The fourth-order valence-electron chi connectivity index (χ4n) is 2.37. The second-order valence-corrected chi connectivity index (χ2v) is 6.73. The van der Waals surface area contributed by atoms with Crippen LogP contribution in [0.2, 0.25) is 0 Å². The fourth-order valence-corrected chi connectivity index (χ4v) is 3.86. The average Bonchev–Trinajstić information content (AvgIpc) is 2.88. The molecule has 1 fully saturated rings. The minimum absolute atomic E-state index is 0.233. The van der Waals surface area contributed by atoms with Crippen LogP contribution < -0.4 is 0 Å². The molecule has 1 unspecified atom stereocenters. The molecule has 2 heterocycles. The number of imidazole rings is 1. The Bertz CT molecular complexity index is 495. The average molecular weight is 271 g/mol. The van der Waals surface area contributed by atoms with Gasteiger partial charge in [0.25, 0.3) is 10.0 Å². The van der Waals surface area contributed by atoms with Gasteiger partial charge in [0.05, 0.1) is 6.20 Å². The maximum atomic E-state index is 12.4. The summed E-state index contributed by atoms with van der Waals surface area (Å²) in [6.45, 7) is 5.33. The van der Waals surface area contributed by atoms with Crippen molar-refractivity contribution in [1.82, 2.24) is 14.3 Å². The maximum absolute atomic E-state index is 12.4. The zero-order chi connectivity index (χ0) is 13.2. The number of nitrogens with zero attached hydrogens (tertiary/aromatic N) is 2. The first-order chi connectivity index (χ1) is 8.57. The van der Waals surface area contributed by atoms with Crippen molar-refractivity contribution >= 4 is 10.0 Å². The summed E-state index contributed by atoms with van der Waals surface area (Å²) in [6, 6.07) is 0. The number of sulfonamides is 1. The van der Waals surface area contributed by atoms with E-state index in [0.717, 1.165) is 25.1 Å². The second-order valence-electron chi connectivity index (χ2n) is 4.83. The lowest BCUT2D eigenvalue weighted by molar-refractivity contribution is 0.261. The molecule has 0 amide bonds. The zero-order valence-corrected chi connectivity index (χ0v) is 11.8. The number of piperidine rings is 1. The smallest absolute Gasteiger partial charge is 0.260 e. The van der Waals surface area contributed by atoms with Gasteiger partial charge in [0.15, 0.2) is 5.03 Å². The van der Waals surface area contributed by atoms with Gasteiger partial charge in [-0.3, -0.25) is 0 Å². The Morgan fingerprint density at radius 1 is 1.50 bits per heavy atom. The van der Waals surface area contributed by atoms with Gasteiger partial charge in [0.2, 0.25) is 0 Å². The molecule has 0 spiro atoms. The van der Waals surface area contributed by atoms with Gasteiger partial charge in [-0.25, -0.2) is 13.4 Å². The van der Waals surface area contributed by atoms with Crippen LogP contribution in [-0.4, -0.2) is 35.8 Å². The molecule has 2 rings (SSSR count). The van der Waals surface area contributed by atoms with E-state index in [1.807, 2.05) is 6.92 Å². The molecule has 1 atom stereocenters. The summed E-state index contributed by atoms with van der Waals surface area (Å²) in [5.74, 6) is 1.21. The predicted molar refractivity (Wildman–Crippen MR) is 69.7 cm³/mol. The Morgan fingerprint density at radius 2 is 2.28 bits per heavy atom. The monoisotopic (exact) mass is 271 g/mol. The summed E-state index contributed by atoms with van der Waals surface area (Å²) in [4.78, 5) is 6.97. The van der Waals surface area contributed by atoms with E-state index in [4.69, 9.17) is 0 Å². The van der Waals surface area contributed by atoms with Gasteiger partial charge in [0, 0.05) is 19.5 Å². The lowest BCUT2D eigenvalue weighted by Gasteiger charge is -2.30. The number of aromatic amines is 1. The Labute approximate surface area is 109 Å². The SMILES string of the molecule is CCc1ncc(S(=O)(=O)N2CCCC(CC)C2)[nH]1. The van der Waals surface area contributed by atoms with Gasteiger partial charge >= 0.3 is 0 Å². The molecule has 1 N–H and O–H groups in total. The quantitative estimate of drug-likeness (QED) is 0.907. The molecule has 1 aromatic heterocycles. The van der Waals surface area contributed by atoms with Crippen LogP contribution in [0.3, 0.4) is 0 Å². The van der Waals surface area contributed by atoms with E-state index in [9.17, 15) is 8.42 Å². The number of hydrogen-bond acceptors (Lipinski definition) is 3. The zero-order valence-electron chi connectivity index (χ0n) is 11.0. The molecule has 5 nitrogen and oxygen atoms in total. The molecule has 0 aliphatic carbocycles. The van der Waals surface area contributed by atoms with Crippen molar-refractivity contribution in [1.29, 1.82) is 0 Å². The van der Waals surface area contributed by atoms with Gasteiger partial charge in [-0.2, -0.15) is 4.31 Å². The molecule has 18 heavy (non-hydrogen) atoms. The van der Waals surface area contributed by atoms with Crippen molar-refractivity contribution in [3.8, 4) is 0 Å². The fraction of sp³-hybridized carbons (Fsp3) is 0.750. The van der Waals surface area contributed by atoms with Crippen molar-refractivity contribution in [2.24, 2.45) is 5.92 Å². The summed E-state index contributed by atoms with van der Waals surface area (Å²) in [6.07, 6.45) is 5.27. The third kappa shape index (κ3) is 2.59. The Hall–Kier alpha value is -0.880. The molecular formula is C12H21N3O2S. The first-order valence-electron chi connectivity index (χ1n) is 6.62. The summed E-state index contributed by atoms with van der Waals surface area (Å²) in [5.41, 5.74) is 0. The largest absolute Gasteiger partial charge is 0.332 e. The molecule has 102 valence electrons. The highest BCUT2D eigenvalue weighted by atomic mass is 32.2. The van der Waals surface area contributed by atoms with Gasteiger partial charge < -0.3 is 4.98 Å². The van der Waals surface area contributed by atoms with E-state index in [1.54, 1.807) is 4.31 Å². The van der Waals surface area contributed by atoms with Gasteiger partial charge in [-0.15, -0.1) is 0 Å². The standard InChI is InChI=1S/C12H21N3O2S/c1-3-10-6-5-7-15(9-10)18(16,17)12-8-13-11(4-2)14-12/h8,10H,3-7,9H2,1-2H3,(H,13,14).